The molecule has 25 heavy (non-hydrogen) atoms. The molecule has 2 aromatic rings. The zero-order valence-corrected chi connectivity index (χ0v) is 21.4. The summed E-state index contributed by atoms with van der Waals surface area (Å²) in [7, 11) is 0. The van der Waals surface area contributed by atoms with Crippen LogP contribution >= 0.6 is 23.4 Å². The van der Waals surface area contributed by atoms with Gasteiger partial charge in [0.2, 0.25) is 0 Å². The Morgan fingerprint density at radius 2 is 1.76 bits per heavy atom. The summed E-state index contributed by atoms with van der Waals surface area (Å²) in [6.45, 7) is 0. The molecule has 122 valence electrons. The second kappa shape index (κ2) is 11.8. The van der Waals surface area contributed by atoms with Gasteiger partial charge in [-0.3, -0.25) is 4.99 Å². The van der Waals surface area contributed by atoms with Crippen molar-refractivity contribution in [3.05, 3.63) is 106 Å². The van der Waals surface area contributed by atoms with Crippen LogP contribution in [0.15, 0.2) is 89.2 Å². The normalized spacial score (nSPS) is 13.2. The van der Waals surface area contributed by atoms with E-state index in [0.717, 1.165) is 27.3 Å². The molecule has 0 spiro atoms. The van der Waals surface area contributed by atoms with Gasteiger partial charge in [-0.05, 0) is 41.5 Å². The third-order valence-electron chi connectivity index (χ3n) is 3.26. The topological polar surface area (TPSA) is 12.4 Å². The van der Waals surface area contributed by atoms with Crippen molar-refractivity contribution in [1.29, 1.82) is 0 Å². The average molecular weight is 573 g/mol. The van der Waals surface area contributed by atoms with E-state index in [4.69, 9.17) is 11.6 Å². The van der Waals surface area contributed by atoms with E-state index in [9.17, 15) is 0 Å². The number of benzene rings is 2. The average Bonchev–Trinajstić information content (AvgIpc) is 2.61. The van der Waals surface area contributed by atoms with E-state index in [1.54, 1.807) is 11.8 Å². The maximum Gasteiger partial charge on any atom is 1.00 e. The molecule has 0 saturated heterocycles. The molecule has 0 fully saturated rings. The number of thioether (sulfide) groups is 1. The van der Waals surface area contributed by atoms with Crippen LogP contribution in [0.3, 0.4) is 0 Å². The summed E-state index contributed by atoms with van der Waals surface area (Å²) >= 11 is 7.67. The molecular formula is C20H15Cl2HgNS. The first kappa shape index (κ1) is 22.3. The first-order chi connectivity index (χ1) is 11.3. The number of halogens is 2. The molecule has 1 aliphatic carbocycles. The van der Waals surface area contributed by atoms with E-state index in [0.29, 0.717) is 0 Å². The fraction of sp³-hybridized carbons (Fsp3) is 0.0500. The maximum absolute atomic E-state index is 5.90. The quantitative estimate of drug-likeness (QED) is 0.305. The van der Waals surface area contributed by atoms with Gasteiger partial charge in [-0.15, -0.1) is 17.5 Å². The van der Waals surface area contributed by atoms with Gasteiger partial charge in [0.25, 0.3) is 0 Å². The molecule has 0 bridgehead atoms. The molecule has 0 heterocycles. The molecule has 2 aromatic carbocycles. The van der Waals surface area contributed by atoms with Crippen molar-refractivity contribution in [1.82, 2.24) is 0 Å². The number of rotatable bonds is 5. The van der Waals surface area contributed by atoms with E-state index in [-0.39, 0.29) is 40.1 Å². The van der Waals surface area contributed by atoms with Crippen molar-refractivity contribution in [2.75, 3.05) is 0 Å². The Balaban J connectivity index is 0.00000156. The summed E-state index contributed by atoms with van der Waals surface area (Å²) < 4.78 is 0. The molecule has 3 rings (SSSR count). The third kappa shape index (κ3) is 7.17. The summed E-state index contributed by atoms with van der Waals surface area (Å²) in [5.74, 6) is 0.919. The summed E-state index contributed by atoms with van der Waals surface area (Å²) in [5, 5.41) is 1.86. The molecular weight excluding hydrogens is 558 g/mol. The van der Waals surface area contributed by atoms with Crippen LogP contribution in [0.1, 0.15) is 11.1 Å². The van der Waals surface area contributed by atoms with Gasteiger partial charge in [0.1, 0.15) is 5.25 Å². The van der Waals surface area contributed by atoms with Crippen molar-refractivity contribution >= 4 is 29.6 Å². The van der Waals surface area contributed by atoms with Crippen molar-refractivity contribution in [2.24, 2.45) is 4.99 Å². The van der Waals surface area contributed by atoms with Crippen LogP contribution in [-0.4, -0.2) is 6.21 Å². The van der Waals surface area contributed by atoms with E-state index < -0.39 is 0 Å². The summed E-state index contributed by atoms with van der Waals surface area (Å²) in [5.41, 5.74) is 6.42. The molecule has 0 aliphatic heterocycles. The molecule has 1 nitrogen and oxygen atoms in total. The van der Waals surface area contributed by atoms with E-state index in [1.807, 2.05) is 54.8 Å². The fourth-order valence-corrected chi connectivity index (χ4v) is 3.12. The first-order valence-electron chi connectivity index (χ1n) is 7.28. The number of allylic oxidation sites excluding steroid dienone is 1. The maximum atomic E-state index is 5.90. The predicted octanol–water partition coefficient (Wildman–Crippen LogP) is 2.83. The summed E-state index contributed by atoms with van der Waals surface area (Å²) in [4.78, 5) is 4.61. The molecule has 0 aromatic heterocycles. The number of hydrogen-bond donors (Lipinski definition) is 0. The van der Waals surface area contributed by atoms with Crippen LogP contribution in [0.4, 0.5) is 0 Å². The van der Waals surface area contributed by atoms with E-state index >= 15 is 0 Å². The molecule has 0 amide bonds. The third-order valence-corrected chi connectivity index (χ3v) is 4.63. The van der Waals surface area contributed by atoms with Crippen molar-refractivity contribution in [2.45, 2.75) is 5.75 Å². The number of hydrogen-bond acceptors (Lipinski definition) is 2. The largest absolute Gasteiger partial charge is 1.00 e. The Morgan fingerprint density at radius 1 is 1.04 bits per heavy atom. The van der Waals surface area contributed by atoms with Gasteiger partial charge >= 0.3 is 27.7 Å². The van der Waals surface area contributed by atoms with Crippen LogP contribution < -0.4 is 12.4 Å². The second-order valence-corrected chi connectivity index (χ2v) is 6.43. The standard InChI is InChI=1S/C20H15ClNS.ClH.Hg/c21-18-12-10-16(11-13-18)14-22-19-8-4-5-9-20(19)23-15-17-6-2-1-3-7-17;;/h1-4,6-14H,15H2;1H;/q;;+1/p-1. The van der Waals surface area contributed by atoms with Crippen molar-refractivity contribution in [3.63, 3.8) is 0 Å². The molecule has 0 unspecified atom stereocenters. The van der Waals surface area contributed by atoms with Gasteiger partial charge < -0.3 is 12.4 Å². The Bertz CT molecular complexity index is 779. The Labute approximate surface area is 184 Å². The Kier molecular flexibility index (Phi) is 10.5. The van der Waals surface area contributed by atoms with Crippen LogP contribution in [0.5, 0.6) is 0 Å². The first-order valence-corrected chi connectivity index (χ1v) is 8.64. The van der Waals surface area contributed by atoms with Crippen molar-refractivity contribution in [3.8, 4) is 0 Å². The van der Waals surface area contributed by atoms with Gasteiger partial charge in [0.15, 0.2) is 0 Å². The van der Waals surface area contributed by atoms with Crippen LogP contribution in [-0.2, 0) is 33.4 Å². The summed E-state index contributed by atoms with van der Waals surface area (Å²) in [6.07, 6.45) is 7.72. The summed E-state index contributed by atoms with van der Waals surface area (Å²) in [6, 6.07) is 18.1. The Morgan fingerprint density at radius 3 is 2.48 bits per heavy atom. The van der Waals surface area contributed by atoms with E-state index in [1.165, 1.54) is 5.56 Å². The zero-order chi connectivity index (χ0) is 15.9. The second-order valence-electron chi connectivity index (χ2n) is 4.98. The minimum atomic E-state index is 0. The van der Waals surface area contributed by atoms with Crippen LogP contribution in [0.2, 0.25) is 5.02 Å². The van der Waals surface area contributed by atoms with Gasteiger partial charge in [-0.2, -0.15) is 0 Å². The van der Waals surface area contributed by atoms with Crippen LogP contribution in [0, 0.1) is 5.25 Å². The minimum absolute atomic E-state index is 0. The number of aliphatic imine (C=N–C) groups is 1. The van der Waals surface area contributed by atoms with Gasteiger partial charge in [0, 0.05) is 17.0 Å². The fourth-order valence-electron chi connectivity index (χ4n) is 2.06. The molecule has 0 atom stereocenters. The van der Waals surface area contributed by atoms with Crippen LogP contribution in [0.25, 0.3) is 0 Å². The molecule has 0 saturated carbocycles. The minimum Gasteiger partial charge on any atom is -1.00 e. The molecule has 2 radical (unpaired) electrons. The monoisotopic (exact) mass is 573 g/mol. The predicted molar refractivity (Wildman–Crippen MR) is 101 cm³/mol. The molecule has 0 N–H and O–H groups in total. The zero-order valence-electron chi connectivity index (χ0n) is 13.5. The van der Waals surface area contributed by atoms with Gasteiger partial charge in [-0.25, -0.2) is 0 Å². The van der Waals surface area contributed by atoms with Crippen molar-refractivity contribution < 1.29 is 40.1 Å². The SMILES string of the molecule is Clc1ccc(C=NC2=CC=C=C[C]2SCc2ccccc2)cc1.[Cl-].[Hg+]. The smallest absolute Gasteiger partial charge is 1.00 e. The molecule has 1 aliphatic rings. The van der Waals surface area contributed by atoms with Gasteiger partial charge in [0.05, 0.1) is 5.70 Å². The number of nitrogens with zero attached hydrogens (tertiary/aromatic N) is 1. The van der Waals surface area contributed by atoms with Gasteiger partial charge in [-0.1, -0.05) is 54.1 Å². The van der Waals surface area contributed by atoms with E-state index in [2.05, 4.69) is 35.0 Å². The Hall–Kier alpha value is -0.765. The molecule has 5 heteroatoms.